The third-order valence-electron chi connectivity index (χ3n) is 1.61. The molecule has 0 bridgehead atoms. The quantitative estimate of drug-likeness (QED) is 0.267. The summed E-state index contributed by atoms with van der Waals surface area (Å²) in [6, 6.07) is 0. The molecule has 90 valence electrons. The molecule has 2 N–H and O–H groups in total. The second-order valence-corrected chi connectivity index (χ2v) is 2.73. The van der Waals surface area contributed by atoms with Crippen LogP contribution in [-0.4, -0.2) is 48.8 Å². The Hall–Kier alpha value is -1.89. The van der Waals surface area contributed by atoms with E-state index in [0.29, 0.717) is 0 Å². The maximum atomic E-state index is 11.3. The van der Waals surface area contributed by atoms with E-state index in [1.54, 1.807) is 0 Å². The van der Waals surface area contributed by atoms with Crippen LogP contribution in [0.4, 0.5) is 0 Å². The average molecular weight is 232 g/mol. The van der Waals surface area contributed by atoms with Gasteiger partial charge >= 0.3 is 11.9 Å². The molecule has 0 amide bonds. The molecule has 0 fully saturated rings. The van der Waals surface area contributed by atoms with Gasteiger partial charge in [-0.25, -0.2) is 4.79 Å². The van der Waals surface area contributed by atoms with Gasteiger partial charge in [0.05, 0.1) is 7.11 Å². The summed E-state index contributed by atoms with van der Waals surface area (Å²) in [5, 5.41) is 17.2. The Morgan fingerprint density at radius 1 is 1.12 bits per heavy atom. The summed E-state index contributed by atoms with van der Waals surface area (Å²) in [7, 11) is 2.46. The van der Waals surface area contributed by atoms with Crippen LogP contribution in [0.1, 0.15) is 6.42 Å². The highest BCUT2D eigenvalue weighted by Crippen LogP contribution is 2.10. The normalized spacial score (nSPS) is 11.6. The lowest BCUT2D eigenvalue weighted by atomic mass is 10.1. The van der Waals surface area contributed by atoms with Gasteiger partial charge in [-0.1, -0.05) is 0 Å². The van der Waals surface area contributed by atoms with Crippen LogP contribution >= 0.6 is 0 Å². The van der Waals surface area contributed by atoms with Crippen molar-refractivity contribution in [2.75, 3.05) is 20.8 Å². The van der Waals surface area contributed by atoms with E-state index in [-0.39, 0.29) is 12.4 Å². The van der Waals surface area contributed by atoms with Crippen LogP contribution in [-0.2, 0) is 23.9 Å². The molecule has 0 spiro atoms. The molecule has 16 heavy (non-hydrogen) atoms. The van der Waals surface area contributed by atoms with E-state index in [1.165, 1.54) is 14.2 Å². The molecule has 0 aliphatic rings. The minimum Gasteiger partial charge on any atom is -0.498 e. The Balaban J connectivity index is 5.18. The number of methoxy groups -OCH3 is 2. The summed E-state index contributed by atoms with van der Waals surface area (Å²) in [6.07, 6.45) is -0.905. The highest BCUT2D eigenvalue weighted by atomic mass is 16.5. The maximum absolute atomic E-state index is 11.3. The summed E-state index contributed by atoms with van der Waals surface area (Å²) >= 11 is 0. The number of carbonyl (C=O) groups is 3. The number of ketones is 1. The van der Waals surface area contributed by atoms with Crippen molar-refractivity contribution in [3.05, 3.63) is 11.3 Å². The van der Waals surface area contributed by atoms with Crippen molar-refractivity contribution in [1.29, 1.82) is 0 Å². The Labute approximate surface area is 91.3 Å². The lowest BCUT2D eigenvalue weighted by molar-refractivity contribution is -0.140. The van der Waals surface area contributed by atoms with E-state index in [4.69, 9.17) is 10.2 Å². The molecule has 7 nitrogen and oxygen atoms in total. The average Bonchev–Trinajstić information content (AvgIpc) is 2.15. The molecule has 0 radical (unpaired) electrons. The third-order valence-corrected chi connectivity index (χ3v) is 1.61. The summed E-state index contributed by atoms with van der Waals surface area (Å²) in [6.45, 7) is -0.219. The van der Waals surface area contributed by atoms with Crippen molar-refractivity contribution >= 4 is 17.7 Å². The predicted octanol–water partition coefficient (Wildman–Crippen LogP) is -0.338. The lowest BCUT2D eigenvalue weighted by Gasteiger charge is -2.08. The van der Waals surface area contributed by atoms with Crippen LogP contribution in [0.2, 0.25) is 0 Å². The summed E-state index contributed by atoms with van der Waals surface area (Å²) < 4.78 is 9.31. The zero-order chi connectivity index (χ0) is 12.7. The van der Waals surface area contributed by atoms with Crippen LogP contribution in [0.15, 0.2) is 11.3 Å². The van der Waals surface area contributed by atoms with E-state index >= 15 is 0 Å². The fourth-order valence-corrected chi connectivity index (χ4v) is 0.984. The molecular formula is C9H12O7. The summed E-state index contributed by atoms with van der Waals surface area (Å²) in [5.74, 6) is -4.19. The van der Waals surface area contributed by atoms with Gasteiger partial charge in [-0.15, -0.1) is 0 Å². The molecule has 0 rings (SSSR count). The molecule has 0 aromatic rings. The number of hydrogen-bond donors (Lipinski definition) is 2. The Kier molecular flexibility index (Phi) is 5.79. The molecule has 0 saturated heterocycles. The van der Waals surface area contributed by atoms with E-state index in [9.17, 15) is 14.4 Å². The summed E-state index contributed by atoms with van der Waals surface area (Å²) in [5.41, 5.74) is -0.702. The second-order valence-electron chi connectivity index (χ2n) is 2.73. The van der Waals surface area contributed by atoms with Gasteiger partial charge in [-0.3, -0.25) is 9.59 Å². The second kappa shape index (κ2) is 6.57. The van der Waals surface area contributed by atoms with Crippen molar-refractivity contribution < 1.29 is 34.1 Å². The zero-order valence-electron chi connectivity index (χ0n) is 8.85. The van der Waals surface area contributed by atoms with Crippen LogP contribution < -0.4 is 0 Å². The van der Waals surface area contributed by atoms with Crippen molar-refractivity contribution in [3.63, 3.8) is 0 Å². The lowest BCUT2D eigenvalue weighted by Crippen LogP contribution is -2.20. The fraction of sp³-hybridized carbons (Fsp3) is 0.444. The zero-order valence-corrected chi connectivity index (χ0v) is 8.85. The van der Waals surface area contributed by atoms with Gasteiger partial charge in [0.1, 0.15) is 24.4 Å². The predicted molar refractivity (Wildman–Crippen MR) is 50.8 cm³/mol. The van der Waals surface area contributed by atoms with Gasteiger partial charge in [0.15, 0.2) is 5.78 Å². The van der Waals surface area contributed by atoms with Gasteiger partial charge in [0.2, 0.25) is 0 Å². The molecule has 0 aromatic heterocycles. The van der Waals surface area contributed by atoms with Gasteiger partial charge in [0.25, 0.3) is 0 Å². The van der Waals surface area contributed by atoms with Gasteiger partial charge in [-0.05, 0) is 0 Å². The monoisotopic (exact) mass is 232 g/mol. The molecular weight excluding hydrogens is 220 g/mol. The first-order valence-corrected chi connectivity index (χ1v) is 4.18. The first-order chi connectivity index (χ1) is 7.43. The number of carboxylic acids is 2. The molecule has 0 unspecified atom stereocenters. The van der Waals surface area contributed by atoms with Crippen molar-refractivity contribution in [3.8, 4) is 0 Å². The van der Waals surface area contributed by atoms with Crippen molar-refractivity contribution in [2.24, 2.45) is 0 Å². The third kappa shape index (κ3) is 4.09. The number of ether oxygens (including phenoxy) is 2. The van der Waals surface area contributed by atoms with E-state index in [0.717, 1.165) is 0 Å². The van der Waals surface area contributed by atoms with Crippen LogP contribution in [0.3, 0.4) is 0 Å². The molecule has 0 atom stereocenters. The first-order valence-electron chi connectivity index (χ1n) is 4.18. The standard InChI is InChI=1S/C9H12O7/c1-15-4-6(16-2)8(9(13)14)5(10)3-7(11)12/h3-4H2,1-2H3,(H,11,12)(H,13,14). The largest absolute Gasteiger partial charge is 0.498 e. The molecule has 0 aromatic carbocycles. The SMILES string of the molecule is COCC(OC)=C(C(=O)O)C(=O)CC(=O)O. The van der Waals surface area contributed by atoms with Crippen LogP contribution in [0.25, 0.3) is 0 Å². The van der Waals surface area contributed by atoms with Gasteiger partial charge in [-0.2, -0.15) is 0 Å². The van der Waals surface area contributed by atoms with Crippen LogP contribution in [0.5, 0.6) is 0 Å². The molecule has 0 aliphatic carbocycles. The highest BCUT2D eigenvalue weighted by molar-refractivity contribution is 6.20. The number of carboxylic acid groups (broad SMARTS) is 2. The number of carbonyl (C=O) groups excluding carboxylic acids is 1. The number of aliphatic carboxylic acids is 2. The molecule has 7 heteroatoms. The Morgan fingerprint density at radius 3 is 2.00 bits per heavy atom. The number of rotatable bonds is 7. The van der Waals surface area contributed by atoms with E-state index in [2.05, 4.69) is 9.47 Å². The first kappa shape index (κ1) is 14.1. The van der Waals surface area contributed by atoms with E-state index < -0.39 is 29.7 Å². The van der Waals surface area contributed by atoms with Gasteiger partial charge in [0, 0.05) is 7.11 Å². The number of hydrogen-bond acceptors (Lipinski definition) is 5. The summed E-state index contributed by atoms with van der Waals surface area (Å²) in [4.78, 5) is 32.4. The van der Waals surface area contributed by atoms with E-state index in [1.807, 2.05) is 0 Å². The molecule has 0 saturated carbocycles. The Morgan fingerprint density at radius 2 is 1.69 bits per heavy atom. The maximum Gasteiger partial charge on any atom is 0.342 e. The topological polar surface area (TPSA) is 110 Å². The molecule has 0 heterocycles. The molecule has 0 aliphatic heterocycles. The minimum atomic E-state index is -1.54. The number of Topliss-reactive ketones (excluding diaryl/α,β-unsaturated/α-hetero) is 1. The smallest absolute Gasteiger partial charge is 0.342 e. The van der Waals surface area contributed by atoms with Crippen LogP contribution in [0, 0.1) is 0 Å². The van der Waals surface area contributed by atoms with Gasteiger partial charge < -0.3 is 19.7 Å². The fourth-order valence-electron chi connectivity index (χ4n) is 0.984. The van der Waals surface area contributed by atoms with Crippen molar-refractivity contribution in [1.82, 2.24) is 0 Å². The minimum absolute atomic E-state index is 0.207. The highest BCUT2D eigenvalue weighted by Gasteiger charge is 2.25. The van der Waals surface area contributed by atoms with Crippen molar-refractivity contribution in [2.45, 2.75) is 6.42 Å². The Bertz CT molecular complexity index is 329.